The van der Waals surface area contributed by atoms with Gasteiger partial charge in [-0.15, -0.1) is 0 Å². The molecule has 0 fully saturated rings. The molecule has 0 amide bonds. The van der Waals surface area contributed by atoms with Crippen LogP contribution in [0.2, 0.25) is 0 Å². The molecule has 6 heteroatoms. The van der Waals surface area contributed by atoms with E-state index in [1.54, 1.807) is 30.7 Å². The van der Waals surface area contributed by atoms with Crippen molar-refractivity contribution in [1.29, 1.82) is 0 Å². The molecule has 3 heterocycles. The molecule has 6 nitrogen and oxygen atoms in total. The second-order valence-electron chi connectivity index (χ2n) is 4.02. The number of nitrogens with two attached hydrogens (primary N) is 1. The van der Waals surface area contributed by atoms with E-state index in [1.807, 2.05) is 6.07 Å². The van der Waals surface area contributed by atoms with Crippen LogP contribution in [0.1, 0.15) is 0 Å². The van der Waals surface area contributed by atoms with Crippen LogP contribution < -0.4 is 5.73 Å². The predicted octanol–water partition coefficient (Wildman–Crippen LogP) is 2.71. The Morgan fingerprint density at radius 3 is 2.85 bits per heavy atom. The van der Waals surface area contributed by atoms with Crippen LogP contribution in [-0.4, -0.2) is 21.7 Å². The van der Waals surface area contributed by atoms with E-state index >= 15 is 0 Å². The molecule has 0 spiro atoms. The Morgan fingerprint density at radius 1 is 1.30 bits per heavy atom. The number of nitrogens with zero attached hydrogens (tertiary/aromatic N) is 4. The Balaban J connectivity index is 2.28. The maximum atomic E-state index is 5.87. The molecule has 3 rings (SSSR count). The van der Waals surface area contributed by atoms with Crippen LogP contribution in [0.5, 0.6) is 0 Å². The van der Waals surface area contributed by atoms with E-state index in [2.05, 4.69) is 26.7 Å². The Kier molecular flexibility index (Phi) is 2.96. The van der Waals surface area contributed by atoms with Crippen LogP contribution in [0.3, 0.4) is 0 Å². The Bertz CT molecular complexity index is 738. The predicted molar refractivity (Wildman–Crippen MR) is 76.6 cm³/mol. The number of nitrogen functional groups attached to an aromatic ring is 1. The van der Waals surface area contributed by atoms with Crippen LogP contribution in [0.15, 0.2) is 52.5 Å². The number of furan rings is 1. The molecule has 0 aliphatic heterocycles. The van der Waals surface area contributed by atoms with E-state index in [4.69, 9.17) is 10.2 Å². The van der Waals surface area contributed by atoms with Crippen molar-refractivity contribution in [2.75, 3.05) is 5.73 Å². The summed E-state index contributed by atoms with van der Waals surface area (Å²) in [5, 5.41) is 0. The van der Waals surface area contributed by atoms with E-state index in [-0.39, 0.29) is 0 Å². The fraction of sp³-hybridized carbons (Fsp3) is 0. The van der Waals surface area contributed by atoms with Crippen molar-refractivity contribution in [3.63, 3.8) is 0 Å². The van der Waals surface area contributed by atoms with E-state index in [0.29, 0.717) is 28.7 Å². The zero-order chi connectivity index (χ0) is 13.9. The third-order valence-corrected chi connectivity index (χ3v) is 2.81. The first-order valence-corrected chi connectivity index (χ1v) is 5.87. The minimum absolute atomic E-state index is 0.296. The first-order chi connectivity index (χ1) is 9.79. The largest absolute Gasteiger partial charge is 0.463 e. The maximum absolute atomic E-state index is 5.87. The number of anilines is 1. The lowest BCUT2D eigenvalue weighted by molar-refractivity contribution is 0.580. The van der Waals surface area contributed by atoms with Crippen LogP contribution in [0.25, 0.3) is 22.7 Å². The second kappa shape index (κ2) is 4.93. The average Bonchev–Trinajstić information content (AvgIpc) is 3.02. The highest BCUT2D eigenvalue weighted by Crippen LogP contribution is 2.35. The molecule has 3 aromatic heterocycles. The molecule has 0 aliphatic carbocycles. The summed E-state index contributed by atoms with van der Waals surface area (Å²) in [6.45, 7) is 3.49. The minimum Gasteiger partial charge on any atom is -0.463 e. The third-order valence-electron chi connectivity index (χ3n) is 2.81. The van der Waals surface area contributed by atoms with Gasteiger partial charge in [0.05, 0.1) is 12.0 Å². The Labute approximate surface area is 115 Å². The van der Waals surface area contributed by atoms with E-state index in [9.17, 15) is 0 Å². The summed E-state index contributed by atoms with van der Waals surface area (Å²) >= 11 is 0. The van der Waals surface area contributed by atoms with Crippen molar-refractivity contribution < 1.29 is 4.42 Å². The molecule has 0 saturated carbocycles. The molecule has 0 unspecified atom stereocenters. The van der Waals surface area contributed by atoms with E-state index in [0.717, 1.165) is 5.56 Å². The molecule has 0 atom stereocenters. The molecule has 3 aromatic rings. The van der Waals surface area contributed by atoms with Gasteiger partial charge in [-0.25, -0.2) is 15.0 Å². The van der Waals surface area contributed by atoms with Gasteiger partial charge in [-0.3, -0.25) is 4.99 Å². The van der Waals surface area contributed by atoms with Crippen LogP contribution in [0.4, 0.5) is 11.5 Å². The van der Waals surface area contributed by atoms with Gasteiger partial charge in [0.15, 0.2) is 5.76 Å². The molecule has 20 heavy (non-hydrogen) atoms. The highest BCUT2D eigenvalue weighted by atomic mass is 16.3. The SMILES string of the molecule is C=Nc1cc(-c2ccncn2)c(-c2ccco2)nc1N. The van der Waals surface area contributed by atoms with Crippen LogP contribution in [-0.2, 0) is 0 Å². The highest BCUT2D eigenvalue weighted by molar-refractivity contribution is 5.82. The maximum Gasteiger partial charge on any atom is 0.153 e. The number of rotatable bonds is 3. The quantitative estimate of drug-likeness (QED) is 0.735. The fourth-order valence-electron chi connectivity index (χ4n) is 1.89. The second-order valence-corrected chi connectivity index (χ2v) is 4.02. The molecular weight excluding hydrogens is 254 g/mol. The average molecular weight is 265 g/mol. The smallest absolute Gasteiger partial charge is 0.153 e. The number of pyridine rings is 1. The fourth-order valence-corrected chi connectivity index (χ4v) is 1.89. The summed E-state index contributed by atoms with van der Waals surface area (Å²) in [7, 11) is 0. The summed E-state index contributed by atoms with van der Waals surface area (Å²) in [4.78, 5) is 16.4. The van der Waals surface area contributed by atoms with Crippen LogP contribution in [0, 0.1) is 0 Å². The van der Waals surface area contributed by atoms with Gasteiger partial charge in [-0.05, 0) is 31.0 Å². The summed E-state index contributed by atoms with van der Waals surface area (Å²) in [5.41, 5.74) is 8.46. The zero-order valence-electron chi connectivity index (χ0n) is 10.5. The van der Waals surface area contributed by atoms with Gasteiger partial charge >= 0.3 is 0 Å². The van der Waals surface area contributed by atoms with Crippen molar-refractivity contribution in [1.82, 2.24) is 15.0 Å². The molecule has 98 valence electrons. The molecule has 0 aromatic carbocycles. The first kappa shape index (κ1) is 12.0. The Hall–Kier alpha value is -3.02. The molecule has 0 bridgehead atoms. The van der Waals surface area contributed by atoms with Gasteiger partial charge in [0.25, 0.3) is 0 Å². The van der Waals surface area contributed by atoms with Gasteiger partial charge in [-0.1, -0.05) is 0 Å². The summed E-state index contributed by atoms with van der Waals surface area (Å²) in [6.07, 6.45) is 4.71. The molecular formula is C14H11N5O. The third kappa shape index (κ3) is 2.03. The van der Waals surface area contributed by atoms with Crippen molar-refractivity contribution in [2.24, 2.45) is 4.99 Å². The number of aromatic nitrogens is 3. The van der Waals surface area contributed by atoms with Gasteiger partial charge in [0, 0.05) is 11.8 Å². The van der Waals surface area contributed by atoms with Crippen molar-refractivity contribution >= 4 is 18.2 Å². The van der Waals surface area contributed by atoms with Crippen molar-refractivity contribution in [2.45, 2.75) is 0 Å². The normalized spacial score (nSPS) is 10.4. The van der Waals surface area contributed by atoms with Crippen molar-refractivity contribution in [3.05, 3.63) is 43.1 Å². The molecule has 0 aliphatic rings. The lowest BCUT2D eigenvalue weighted by Crippen LogP contribution is -1.97. The first-order valence-electron chi connectivity index (χ1n) is 5.87. The van der Waals surface area contributed by atoms with E-state index < -0.39 is 0 Å². The zero-order valence-corrected chi connectivity index (χ0v) is 10.5. The topological polar surface area (TPSA) is 90.2 Å². The number of hydrogen-bond donors (Lipinski definition) is 1. The van der Waals surface area contributed by atoms with Gasteiger partial charge in [-0.2, -0.15) is 0 Å². The summed E-state index contributed by atoms with van der Waals surface area (Å²) < 4.78 is 5.40. The highest BCUT2D eigenvalue weighted by Gasteiger charge is 2.15. The minimum atomic E-state index is 0.296. The lowest BCUT2D eigenvalue weighted by atomic mass is 10.1. The number of hydrogen-bond acceptors (Lipinski definition) is 6. The van der Waals surface area contributed by atoms with Crippen molar-refractivity contribution in [3.8, 4) is 22.7 Å². The Morgan fingerprint density at radius 2 is 2.20 bits per heavy atom. The summed E-state index contributed by atoms with van der Waals surface area (Å²) in [6, 6.07) is 7.17. The molecule has 2 N–H and O–H groups in total. The lowest BCUT2D eigenvalue weighted by Gasteiger charge is -2.09. The van der Waals surface area contributed by atoms with Crippen LogP contribution >= 0.6 is 0 Å². The standard InChI is InChI=1S/C14H11N5O/c1-16-11-7-9(10-4-5-17-8-18-10)13(19-14(11)15)12-3-2-6-20-12/h2-8H,1H2,(H2,15,19). The van der Waals surface area contributed by atoms with E-state index in [1.165, 1.54) is 6.33 Å². The van der Waals surface area contributed by atoms with Gasteiger partial charge in [0.1, 0.15) is 23.5 Å². The summed E-state index contributed by atoms with van der Waals surface area (Å²) in [5.74, 6) is 0.908. The monoisotopic (exact) mass is 265 g/mol. The molecule has 0 radical (unpaired) electrons. The van der Waals surface area contributed by atoms with Gasteiger partial charge < -0.3 is 10.2 Å². The number of aliphatic imine (C=N–C) groups is 1. The van der Waals surface area contributed by atoms with Gasteiger partial charge in [0.2, 0.25) is 0 Å². The molecule has 0 saturated heterocycles.